The first-order chi connectivity index (χ1) is 13.6. The maximum atomic E-state index is 13.7. The van der Waals surface area contributed by atoms with Gasteiger partial charge in [0.15, 0.2) is 0 Å². The van der Waals surface area contributed by atoms with Crippen LogP contribution < -0.4 is 5.32 Å². The lowest BCUT2D eigenvalue weighted by Crippen LogP contribution is -2.15. The molecule has 28 heavy (non-hydrogen) atoms. The van der Waals surface area contributed by atoms with Crippen LogP contribution in [0.25, 0.3) is 10.9 Å². The van der Waals surface area contributed by atoms with Gasteiger partial charge < -0.3 is 5.32 Å². The SMILES string of the molecule is O=C(Cc1ccccc1F)Nc1cccc(Sc2ccc3c(I)n[nH]c3c2)c1. The van der Waals surface area contributed by atoms with E-state index in [1.54, 1.807) is 30.0 Å². The van der Waals surface area contributed by atoms with Crippen LogP contribution in [0.1, 0.15) is 5.56 Å². The van der Waals surface area contributed by atoms with Crippen LogP contribution in [-0.2, 0) is 11.2 Å². The number of nitrogens with one attached hydrogen (secondary N) is 2. The van der Waals surface area contributed by atoms with Crippen LogP contribution >= 0.6 is 34.4 Å². The molecule has 0 unspecified atom stereocenters. The Morgan fingerprint density at radius 3 is 2.75 bits per heavy atom. The first-order valence-corrected chi connectivity index (χ1v) is 10.4. The quantitative estimate of drug-likeness (QED) is 0.347. The van der Waals surface area contributed by atoms with E-state index in [-0.39, 0.29) is 18.1 Å². The Morgan fingerprint density at radius 1 is 1.07 bits per heavy atom. The van der Waals surface area contributed by atoms with Gasteiger partial charge >= 0.3 is 0 Å². The molecule has 0 saturated heterocycles. The largest absolute Gasteiger partial charge is 0.326 e. The molecule has 4 nitrogen and oxygen atoms in total. The summed E-state index contributed by atoms with van der Waals surface area (Å²) in [4.78, 5) is 14.3. The molecule has 0 atom stereocenters. The molecule has 4 rings (SSSR count). The molecule has 0 aliphatic carbocycles. The van der Waals surface area contributed by atoms with E-state index in [9.17, 15) is 9.18 Å². The lowest BCUT2D eigenvalue weighted by Gasteiger charge is -2.08. The molecule has 7 heteroatoms. The summed E-state index contributed by atoms with van der Waals surface area (Å²) in [5.41, 5.74) is 2.06. The molecule has 2 N–H and O–H groups in total. The average Bonchev–Trinajstić information content (AvgIpc) is 3.04. The molecule has 140 valence electrons. The van der Waals surface area contributed by atoms with Crippen molar-refractivity contribution in [2.24, 2.45) is 0 Å². The lowest BCUT2D eigenvalue weighted by atomic mass is 10.1. The number of anilines is 1. The molecule has 0 fully saturated rings. The van der Waals surface area contributed by atoms with Gasteiger partial charge in [-0.15, -0.1) is 0 Å². The van der Waals surface area contributed by atoms with Crippen molar-refractivity contribution in [3.8, 4) is 0 Å². The molecule has 3 aromatic carbocycles. The second-order valence-corrected chi connectivity index (χ2v) is 8.34. The van der Waals surface area contributed by atoms with Crippen LogP contribution in [0.2, 0.25) is 0 Å². The van der Waals surface area contributed by atoms with E-state index in [0.29, 0.717) is 11.3 Å². The molecule has 4 aromatic rings. The lowest BCUT2D eigenvalue weighted by molar-refractivity contribution is -0.115. The second-order valence-electron chi connectivity index (χ2n) is 6.17. The summed E-state index contributed by atoms with van der Waals surface area (Å²) in [5, 5.41) is 11.2. The number of rotatable bonds is 5. The molecule has 0 bridgehead atoms. The molecule has 1 heterocycles. The fraction of sp³-hybridized carbons (Fsp3) is 0.0476. The number of benzene rings is 3. The van der Waals surface area contributed by atoms with E-state index in [4.69, 9.17) is 0 Å². The number of carbonyl (C=O) groups excluding carboxylic acids is 1. The van der Waals surface area contributed by atoms with Gasteiger partial charge in [0.05, 0.1) is 11.9 Å². The Labute approximate surface area is 179 Å². The molecule has 0 spiro atoms. The predicted octanol–water partition coefficient (Wildman–Crippen LogP) is 5.64. The van der Waals surface area contributed by atoms with Crippen LogP contribution in [0.3, 0.4) is 0 Å². The fourth-order valence-corrected chi connectivity index (χ4v) is 4.33. The van der Waals surface area contributed by atoms with Gasteiger partial charge in [0.25, 0.3) is 0 Å². The summed E-state index contributed by atoms with van der Waals surface area (Å²) in [7, 11) is 0. The highest BCUT2D eigenvalue weighted by molar-refractivity contribution is 14.1. The summed E-state index contributed by atoms with van der Waals surface area (Å²) in [6, 6.07) is 20.1. The number of hydrogen-bond acceptors (Lipinski definition) is 3. The minimum absolute atomic E-state index is 0.000823. The maximum absolute atomic E-state index is 13.7. The molecule has 1 aromatic heterocycles. The monoisotopic (exact) mass is 503 g/mol. The van der Waals surface area contributed by atoms with E-state index in [0.717, 1.165) is 24.4 Å². The first kappa shape index (κ1) is 18.9. The first-order valence-electron chi connectivity index (χ1n) is 8.53. The van der Waals surface area contributed by atoms with Crippen molar-refractivity contribution < 1.29 is 9.18 Å². The Kier molecular flexibility index (Phi) is 5.63. The smallest absolute Gasteiger partial charge is 0.228 e. The van der Waals surface area contributed by atoms with Crippen LogP contribution in [0, 0.1) is 9.52 Å². The van der Waals surface area contributed by atoms with Gasteiger partial charge in [0.1, 0.15) is 9.52 Å². The zero-order valence-corrected chi connectivity index (χ0v) is 17.6. The van der Waals surface area contributed by atoms with E-state index < -0.39 is 0 Å². The van der Waals surface area contributed by atoms with Gasteiger partial charge in [-0.3, -0.25) is 9.89 Å². The van der Waals surface area contributed by atoms with Crippen molar-refractivity contribution in [3.63, 3.8) is 0 Å². The standard InChI is InChI=1S/C21H15FIN3OS/c22-18-7-2-1-4-13(18)10-20(27)24-14-5-3-6-15(11-14)28-16-8-9-17-19(12-16)25-26-21(17)23/h1-9,11-12H,10H2,(H,24,27)(H,25,26). The van der Waals surface area contributed by atoms with Crippen molar-refractivity contribution in [2.75, 3.05) is 5.32 Å². The van der Waals surface area contributed by atoms with Crippen molar-refractivity contribution in [2.45, 2.75) is 16.2 Å². The molecule has 0 radical (unpaired) electrons. The Balaban J connectivity index is 1.46. The van der Waals surface area contributed by atoms with Gasteiger partial charge in [-0.05, 0) is 70.6 Å². The van der Waals surface area contributed by atoms with E-state index in [2.05, 4.69) is 44.2 Å². The Morgan fingerprint density at radius 2 is 1.89 bits per heavy atom. The van der Waals surface area contributed by atoms with Crippen LogP contribution in [0.4, 0.5) is 10.1 Å². The summed E-state index contributed by atoms with van der Waals surface area (Å²) in [6.45, 7) is 0. The zero-order chi connectivity index (χ0) is 19.5. The number of carbonyl (C=O) groups is 1. The van der Waals surface area contributed by atoms with Crippen molar-refractivity contribution in [1.82, 2.24) is 10.2 Å². The number of nitrogens with zero attached hydrogens (tertiary/aromatic N) is 1. The number of halogens is 2. The maximum Gasteiger partial charge on any atom is 0.228 e. The fourth-order valence-electron chi connectivity index (χ4n) is 2.82. The summed E-state index contributed by atoms with van der Waals surface area (Å²) >= 11 is 3.80. The third-order valence-corrected chi connectivity index (χ3v) is 5.95. The average molecular weight is 503 g/mol. The number of fused-ring (bicyclic) bond motifs is 1. The van der Waals surface area contributed by atoms with E-state index >= 15 is 0 Å². The zero-order valence-electron chi connectivity index (χ0n) is 14.6. The normalized spacial score (nSPS) is 10.9. The number of amides is 1. The molecule has 0 saturated carbocycles. The summed E-state index contributed by atoms with van der Waals surface area (Å²) in [5.74, 6) is -0.619. The van der Waals surface area contributed by atoms with Gasteiger partial charge in [-0.25, -0.2) is 4.39 Å². The highest BCUT2D eigenvalue weighted by atomic mass is 127. The topological polar surface area (TPSA) is 57.8 Å². The number of hydrogen-bond donors (Lipinski definition) is 2. The number of aromatic nitrogens is 2. The van der Waals surface area contributed by atoms with Crippen LogP contribution in [0.15, 0.2) is 76.5 Å². The highest BCUT2D eigenvalue weighted by Gasteiger charge is 2.09. The van der Waals surface area contributed by atoms with Gasteiger partial charge in [-0.2, -0.15) is 5.10 Å². The molecule has 0 aliphatic heterocycles. The minimum atomic E-state index is -0.370. The molecule has 1 amide bonds. The summed E-state index contributed by atoms with van der Waals surface area (Å²) < 4.78 is 14.7. The minimum Gasteiger partial charge on any atom is -0.326 e. The van der Waals surface area contributed by atoms with Crippen molar-refractivity contribution >= 4 is 56.9 Å². The van der Waals surface area contributed by atoms with Crippen molar-refractivity contribution in [1.29, 1.82) is 0 Å². The van der Waals surface area contributed by atoms with E-state index in [1.807, 2.05) is 36.4 Å². The third kappa shape index (κ3) is 4.36. The van der Waals surface area contributed by atoms with Gasteiger partial charge in [0, 0.05) is 20.9 Å². The van der Waals surface area contributed by atoms with Crippen molar-refractivity contribution in [3.05, 3.63) is 81.8 Å². The molecular weight excluding hydrogens is 488 g/mol. The molecular formula is C21H15FIN3OS. The predicted molar refractivity (Wildman–Crippen MR) is 118 cm³/mol. The Hall–Kier alpha value is -2.39. The number of H-pyrrole nitrogens is 1. The van der Waals surface area contributed by atoms with Crippen LogP contribution in [-0.4, -0.2) is 16.1 Å². The van der Waals surface area contributed by atoms with Crippen LogP contribution in [0.5, 0.6) is 0 Å². The van der Waals surface area contributed by atoms with Gasteiger partial charge in [-0.1, -0.05) is 36.0 Å². The number of aromatic amines is 1. The second kappa shape index (κ2) is 8.32. The van der Waals surface area contributed by atoms with E-state index in [1.165, 1.54) is 6.07 Å². The van der Waals surface area contributed by atoms with Gasteiger partial charge in [0.2, 0.25) is 5.91 Å². The summed E-state index contributed by atoms with van der Waals surface area (Å²) in [6.07, 6.45) is -0.000823. The third-order valence-electron chi connectivity index (χ3n) is 4.15. The molecule has 0 aliphatic rings. The highest BCUT2D eigenvalue weighted by Crippen LogP contribution is 2.32. The Bertz CT molecular complexity index is 1160.